The smallest absolute Gasteiger partial charge is 0.227 e. The van der Waals surface area contributed by atoms with Crippen molar-refractivity contribution in [1.82, 2.24) is 9.97 Å². The number of rotatable bonds is 6. The van der Waals surface area contributed by atoms with Crippen LogP contribution in [-0.4, -0.2) is 22.2 Å². The molecule has 2 rings (SSSR count). The summed E-state index contributed by atoms with van der Waals surface area (Å²) < 4.78 is 11.1. The third kappa shape index (κ3) is 3.21. The van der Waals surface area contributed by atoms with E-state index in [-0.39, 0.29) is 6.61 Å². The number of anilines is 1. The lowest BCUT2D eigenvalue weighted by molar-refractivity contribution is 0.280. The Morgan fingerprint density at radius 2 is 2.10 bits per heavy atom. The van der Waals surface area contributed by atoms with Gasteiger partial charge in [-0.3, -0.25) is 0 Å². The molecule has 0 spiro atoms. The quantitative estimate of drug-likeness (QED) is 0.548. The van der Waals surface area contributed by atoms with Crippen LogP contribution in [0.5, 0.6) is 17.4 Å². The molecule has 0 aliphatic carbocycles. The number of nitrogens with one attached hydrogen (secondary N) is 1. The molecule has 0 atom stereocenters. The minimum atomic E-state index is -0.0639. The Morgan fingerprint density at radius 3 is 2.71 bits per heavy atom. The van der Waals surface area contributed by atoms with Gasteiger partial charge in [0.25, 0.3) is 0 Å². The van der Waals surface area contributed by atoms with Crippen molar-refractivity contribution in [3.05, 3.63) is 35.7 Å². The van der Waals surface area contributed by atoms with Crippen LogP contribution in [0.25, 0.3) is 0 Å². The van der Waals surface area contributed by atoms with Crippen molar-refractivity contribution in [3.8, 4) is 17.4 Å². The third-order valence-electron chi connectivity index (χ3n) is 3.01. The fourth-order valence-electron chi connectivity index (χ4n) is 1.93. The molecular weight excluding hydrogens is 272 g/mol. The molecule has 0 aliphatic rings. The van der Waals surface area contributed by atoms with E-state index in [0.717, 1.165) is 11.1 Å². The normalized spacial score (nSPS) is 10.3. The van der Waals surface area contributed by atoms with E-state index in [2.05, 4.69) is 15.4 Å². The molecule has 21 heavy (non-hydrogen) atoms. The van der Waals surface area contributed by atoms with Gasteiger partial charge in [-0.25, -0.2) is 15.8 Å². The predicted molar refractivity (Wildman–Crippen MR) is 78.2 cm³/mol. The summed E-state index contributed by atoms with van der Waals surface area (Å²) in [5.74, 6) is 7.39. The van der Waals surface area contributed by atoms with Gasteiger partial charge in [0, 0.05) is 0 Å². The molecule has 1 heterocycles. The van der Waals surface area contributed by atoms with Crippen LogP contribution in [0.4, 0.5) is 5.82 Å². The van der Waals surface area contributed by atoms with Crippen LogP contribution in [0.3, 0.4) is 0 Å². The van der Waals surface area contributed by atoms with Crippen LogP contribution in [0.1, 0.15) is 18.1 Å². The molecule has 112 valence electrons. The molecule has 0 saturated carbocycles. The number of nitrogens with two attached hydrogens (primary N) is 1. The van der Waals surface area contributed by atoms with Crippen molar-refractivity contribution in [2.24, 2.45) is 5.84 Å². The SMILES string of the molecule is CCc1c(NN)ncnc1Oc1ccc(CO)cc1OC. The largest absolute Gasteiger partial charge is 0.493 e. The summed E-state index contributed by atoms with van der Waals surface area (Å²) in [6.07, 6.45) is 2.03. The Labute approximate surface area is 122 Å². The molecule has 0 radical (unpaired) electrons. The van der Waals surface area contributed by atoms with Gasteiger partial charge in [0.05, 0.1) is 19.3 Å². The van der Waals surface area contributed by atoms with Gasteiger partial charge in [-0.05, 0) is 24.1 Å². The Hall–Kier alpha value is -2.38. The fraction of sp³-hybridized carbons (Fsp3) is 0.286. The lowest BCUT2D eigenvalue weighted by Gasteiger charge is -2.14. The topological polar surface area (TPSA) is 103 Å². The van der Waals surface area contributed by atoms with Crippen molar-refractivity contribution in [2.45, 2.75) is 20.0 Å². The second kappa shape index (κ2) is 6.87. The number of benzene rings is 1. The van der Waals surface area contributed by atoms with Crippen LogP contribution in [-0.2, 0) is 13.0 Å². The standard InChI is InChI=1S/C14H18N4O3/c1-3-10-13(18-15)16-8-17-14(10)21-11-5-4-9(7-19)6-12(11)20-2/h4-6,8,19H,3,7,15H2,1-2H3,(H,16,17,18). The number of hydrogen-bond acceptors (Lipinski definition) is 7. The molecule has 2 aromatic rings. The van der Waals surface area contributed by atoms with E-state index < -0.39 is 0 Å². The monoisotopic (exact) mass is 290 g/mol. The minimum absolute atomic E-state index is 0.0639. The van der Waals surface area contributed by atoms with Crippen molar-refractivity contribution < 1.29 is 14.6 Å². The first kappa shape index (κ1) is 15.0. The van der Waals surface area contributed by atoms with E-state index in [1.807, 2.05) is 6.92 Å². The molecule has 0 aliphatic heterocycles. The average Bonchev–Trinajstić information content (AvgIpc) is 2.54. The first-order valence-corrected chi connectivity index (χ1v) is 6.49. The second-order valence-corrected chi connectivity index (χ2v) is 4.25. The number of ether oxygens (including phenoxy) is 2. The van der Waals surface area contributed by atoms with Crippen LogP contribution in [0.2, 0.25) is 0 Å². The lowest BCUT2D eigenvalue weighted by Crippen LogP contribution is -2.12. The highest BCUT2D eigenvalue weighted by Gasteiger charge is 2.14. The van der Waals surface area contributed by atoms with Gasteiger partial charge in [-0.2, -0.15) is 0 Å². The molecule has 0 saturated heterocycles. The minimum Gasteiger partial charge on any atom is -0.493 e. The van der Waals surface area contributed by atoms with Gasteiger partial charge >= 0.3 is 0 Å². The number of hydrogen-bond donors (Lipinski definition) is 3. The summed E-state index contributed by atoms with van der Waals surface area (Å²) >= 11 is 0. The summed E-state index contributed by atoms with van der Waals surface area (Å²) in [5, 5.41) is 9.15. The van der Waals surface area contributed by atoms with E-state index in [1.165, 1.54) is 13.4 Å². The highest BCUT2D eigenvalue weighted by molar-refractivity contribution is 5.51. The maximum Gasteiger partial charge on any atom is 0.227 e. The summed E-state index contributed by atoms with van der Waals surface area (Å²) in [5.41, 5.74) is 4.03. The van der Waals surface area contributed by atoms with Crippen LogP contribution in [0, 0.1) is 0 Å². The maximum absolute atomic E-state index is 9.15. The summed E-state index contributed by atoms with van der Waals surface area (Å²) in [4.78, 5) is 8.19. The molecule has 4 N–H and O–H groups in total. The average molecular weight is 290 g/mol. The van der Waals surface area contributed by atoms with Gasteiger partial charge in [0.1, 0.15) is 12.1 Å². The molecule has 7 nitrogen and oxygen atoms in total. The Balaban J connectivity index is 2.38. The molecule has 1 aromatic carbocycles. The first-order chi connectivity index (χ1) is 10.2. The highest BCUT2D eigenvalue weighted by atomic mass is 16.5. The molecule has 7 heteroatoms. The van der Waals surface area contributed by atoms with E-state index in [0.29, 0.717) is 29.6 Å². The van der Waals surface area contributed by atoms with Crippen molar-refractivity contribution in [3.63, 3.8) is 0 Å². The second-order valence-electron chi connectivity index (χ2n) is 4.25. The van der Waals surface area contributed by atoms with Crippen LogP contribution >= 0.6 is 0 Å². The zero-order chi connectivity index (χ0) is 15.2. The molecule has 0 bridgehead atoms. The summed E-state index contributed by atoms with van der Waals surface area (Å²) in [6.45, 7) is 1.89. The van der Waals surface area contributed by atoms with Crippen LogP contribution < -0.4 is 20.7 Å². The van der Waals surface area contributed by atoms with E-state index >= 15 is 0 Å². The lowest BCUT2D eigenvalue weighted by atomic mass is 10.2. The van der Waals surface area contributed by atoms with Gasteiger partial charge in [-0.15, -0.1) is 0 Å². The number of hydrazine groups is 1. The maximum atomic E-state index is 9.15. The number of aliphatic hydroxyl groups is 1. The Kier molecular flexibility index (Phi) is 4.91. The summed E-state index contributed by atoms with van der Waals surface area (Å²) in [7, 11) is 1.54. The number of methoxy groups -OCH3 is 1. The Morgan fingerprint density at radius 1 is 1.29 bits per heavy atom. The highest BCUT2D eigenvalue weighted by Crippen LogP contribution is 2.34. The zero-order valence-corrected chi connectivity index (χ0v) is 12.0. The van der Waals surface area contributed by atoms with E-state index in [4.69, 9.17) is 20.4 Å². The summed E-state index contributed by atoms with van der Waals surface area (Å²) in [6, 6.07) is 5.19. The van der Waals surface area contributed by atoms with Gasteiger partial charge in [-0.1, -0.05) is 13.0 Å². The number of nitrogen functional groups attached to an aromatic ring is 1. The fourth-order valence-corrected chi connectivity index (χ4v) is 1.93. The number of nitrogens with zero attached hydrogens (tertiary/aromatic N) is 2. The predicted octanol–water partition coefficient (Wildman–Crippen LogP) is 1.62. The molecular formula is C14H18N4O3. The zero-order valence-electron chi connectivity index (χ0n) is 12.0. The van der Waals surface area contributed by atoms with Crippen molar-refractivity contribution in [2.75, 3.05) is 12.5 Å². The molecule has 0 fully saturated rings. The molecule has 0 amide bonds. The van der Waals surface area contributed by atoms with E-state index in [9.17, 15) is 0 Å². The van der Waals surface area contributed by atoms with Crippen LogP contribution in [0.15, 0.2) is 24.5 Å². The van der Waals surface area contributed by atoms with Crippen molar-refractivity contribution in [1.29, 1.82) is 0 Å². The molecule has 1 aromatic heterocycles. The number of aromatic nitrogens is 2. The van der Waals surface area contributed by atoms with Gasteiger partial charge in [0.15, 0.2) is 11.5 Å². The van der Waals surface area contributed by atoms with E-state index in [1.54, 1.807) is 18.2 Å². The van der Waals surface area contributed by atoms with Gasteiger partial charge < -0.3 is 20.0 Å². The first-order valence-electron chi connectivity index (χ1n) is 6.49. The molecule has 0 unspecified atom stereocenters. The van der Waals surface area contributed by atoms with Crippen molar-refractivity contribution >= 4 is 5.82 Å². The van der Waals surface area contributed by atoms with Gasteiger partial charge in [0.2, 0.25) is 5.88 Å². The third-order valence-corrected chi connectivity index (χ3v) is 3.01. The number of aliphatic hydroxyl groups excluding tert-OH is 1. The Bertz CT molecular complexity index is 619.